The van der Waals surface area contributed by atoms with Gasteiger partial charge < -0.3 is 15.0 Å². The van der Waals surface area contributed by atoms with Crippen LogP contribution in [0.4, 0.5) is 5.69 Å². The van der Waals surface area contributed by atoms with E-state index in [1.165, 1.54) is 0 Å². The molecule has 138 valence electrons. The zero-order valence-corrected chi connectivity index (χ0v) is 15.0. The minimum absolute atomic E-state index is 0.248. The van der Waals surface area contributed by atoms with Crippen molar-refractivity contribution in [2.45, 2.75) is 6.61 Å². The molecule has 0 aliphatic heterocycles. The van der Waals surface area contributed by atoms with Crippen LogP contribution in [-0.4, -0.2) is 17.2 Å². The molecule has 4 aromatic rings. The van der Waals surface area contributed by atoms with Crippen LogP contribution in [0.1, 0.15) is 26.4 Å². The number of aromatic nitrogens is 1. The molecule has 0 fully saturated rings. The molecule has 1 heterocycles. The SMILES string of the molecule is O=Cc1ccc(NC(=O)c2cc3cc(OCc4ccccc4)ccc3[nH]2)cc1. The third kappa shape index (κ3) is 3.94. The van der Waals surface area contributed by atoms with Crippen molar-refractivity contribution in [2.24, 2.45) is 0 Å². The Hall–Kier alpha value is -3.86. The van der Waals surface area contributed by atoms with Crippen molar-refractivity contribution >= 4 is 28.8 Å². The zero-order valence-electron chi connectivity index (χ0n) is 15.0. The van der Waals surface area contributed by atoms with Gasteiger partial charge in [-0.3, -0.25) is 9.59 Å². The van der Waals surface area contributed by atoms with E-state index >= 15 is 0 Å². The highest BCUT2D eigenvalue weighted by Crippen LogP contribution is 2.23. The van der Waals surface area contributed by atoms with Crippen molar-refractivity contribution in [3.05, 3.63) is 95.7 Å². The number of fused-ring (bicyclic) bond motifs is 1. The molecule has 5 nitrogen and oxygen atoms in total. The summed E-state index contributed by atoms with van der Waals surface area (Å²) in [5.74, 6) is 0.494. The number of benzene rings is 3. The summed E-state index contributed by atoms with van der Waals surface area (Å²) in [5, 5.41) is 3.71. The van der Waals surface area contributed by atoms with Gasteiger partial charge in [0.25, 0.3) is 5.91 Å². The number of ether oxygens (including phenoxy) is 1. The first-order valence-corrected chi connectivity index (χ1v) is 8.87. The second kappa shape index (κ2) is 7.80. The highest BCUT2D eigenvalue weighted by atomic mass is 16.5. The molecule has 5 heteroatoms. The number of anilines is 1. The number of carbonyl (C=O) groups excluding carboxylic acids is 2. The number of H-pyrrole nitrogens is 1. The highest BCUT2D eigenvalue weighted by molar-refractivity contribution is 6.06. The van der Waals surface area contributed by atoms with Gasteiger partial charge in [0.15, 0.2) is 0 Å². The van der Waals surface area contributed by atoms with Crippen LogP contribution in [-0.2, 0) is 6.61 Å². The molecule has 4 rings (SSSR count). The summed E-state index contributed by atoms with van der Waals surface area (Å²) in [6.07, 6.45) is 0.765. The first kappa shape index (κ1) is 17.5. The number of aromatic amines is 1. The fourth-order valence-electron chi connectivity index (χ4n) is 2.91. The number of amides is 1. The lowest BCUT2D eigenvalue weighted by molar-refractivity contribution is 0.102. The molecule has 0 aliphatic carbocycles. The van der Waals surface area contributed by atoms with Crippen molar-refractivity contribution in [1.29, 1.82) is 0 Å². The summed E-state index contributed by atoms with van der Waals surface area (Å²) in [5.41, 5.74) is 3.59. The van der Waals surface area contributed by atoms with E-state index in [1.54, 1.807) is 30.3 Å². The Morgan fingerprint density at radius 1 is 0.964 bits per heavy atom. The van der Waals surface area contributed by atoms with Crippen LogP contribution in [0.25, 0.3) is 10.9 Å². The van der Waals surface area contributed by atoms with Crippen molar-refractivity contribution < 1.29 is 14.3 Å². The predicted molar refractivity (Wildman–Crippen MR) is 109 cm³/mol. The van der Waals surface area contributed by atoms with Crippen LogP contribution in [0, 0.1) is 0 Å². The van der Waals surface area contributed by atoms with Gasteiger partial charge in [-0.1, -0.05) is 30.3 Å². The van der Waals surface area contributed by atoms with Crippen LogP contribution >= 0.6 is 0 Å². The monoisotopic (exact) mass is 370 g/mol. The second-order valence-corrected chi connectivity index (χ2v) is 6.40. The van der Waals surface area contributed by atoms with Gasteiger partial charge in [0.1, 0.15) is 24.3 Å². The van der Waals surface area contributed by atoms with E-state index in [1.807, 2.05) is 48.5 Å². The van der Waals surface area contributed by atoms with Crippen molar-refractivity contribution in [3.63, 3.8) is 0 Å². The second-order valence-electron chi connectivity index (χ2n) is 6.40. The summed E-state index contributed by atoms with van der Waals surface area (Å²) < 4.78 is 5.84. The standard InChI is InChI=1S/C23H18N2O3/c26-14-16-6-8-19(9-7-16)24-23(27)22-13-18-12-20(10-11-21(18)25-22)28-15-17-4-2-1-3-5-17/h1-14,25H,15H2,(H,24,27). The Bertz CT molecular complexity index is 1120. The van der Waals surface area contributed by atoms with Crippen LogP contribution < -0.4 is 10.1 Å². The molecule has 0 saturated carbocycles. The molecular weight excluding hydrogens is 352 g/mol. The lowest BCUT2D eigenvalue weighted by Gasteiger charge is -2.06. The van der Waals surface area contributed by atoms with Crippen molar-refractivity contribution in [1.82, 2.24) is 4.98 Å². The molecule has 3 aromatic carbocycles. The largest absolute Gasteiger partial charge is 0.489 e. The van der Waals surface area contributed by atoms with Gasteiger partial charge in [0.2, 0.25) is 0 Å². The van der Waals surface area contributed by atoms with E-state index in [-0.39, 0.29) is 5.91 Å². The van der Waals surface area contributed by atoms with Crippen molar-refractivity contribution in [3.8, 4) is 5.75 Å². The Morgan fingerprint density at radius 3 is 2.50 bits per heavy atom. The van der Waals surface area contributed by atoms with Gasteiger partial charge in [-0.15, -0.1) is 0 Å². The first-order chi connectivity index (χ1) is 13.7. The maximum Gasteiger partial charge on any atom is 0.272 e. The normalized spacial score (nSPS) is 10.6. The van der Waals surface area contributed by atoms with E-state index < -0.39 is 0 Å². The number of hydrogen-bond acceptors (Lipinski definition) is 3. The summed E-state index contributed by atoms with van der Waals surface area (Å²) in [4.78, 5) is 26.3. The molecule has 0 bridgehead atoms. The molecule has 0 radical (unpaired) electrons. The third-order valence-corrected chi connectivity index (χ3v) is 4.39. The fourth-order valence-corrected chi connectivity index (χ4v) is 2.91. The maximum absolute atomic E-state index is 12.5. The molecule has 0 aliphatic rings. The van der Waals surface area contributed by atoms with Gasteiger partial charge in [-0.25, -0.2) is 0 Å². The Kier molecular flexibility index (Phi) is 4.89. The third-order valence-electron chi connectivity index (χ3n) is 4.39. The van der Waals surface area contributed by atoms with E-state index in [0.29, 0.717) is 23.6 Å². The minimum Gasteiger partial charge on any atom is -0.489 e. The van der Waals surface area contributed by atoms with Crippen LogP contribution in [0.5, 0.6) is 5.75 Å². The maximum atomic E-state index is 12.5. The average Bonchev–Trinajstić information content (AvgIpc) is 3.17. The summed E-state index contributed by atoms with van der Waals surface area (Å²) in [6, 6.07) is 24.1. The Morgan fingerprint density at radius 2 is 1.75 bits per heavy atom. The molecule has 1 aromatic heterocycles. The quantitative estimate of drug-likeness (QED) is 0.478. The number of rotatable bonds is 6. The predicted octanol–water partition coefficient (Wildman–Crippen LogP) is 4.81. The van der Waals surface area contributed by atoms with Crippen LogP contribution in [0.2, 0.25) is 0 Å². The summed E-state index contributed by atoms with van der Waals surface area (Å²) >= 11 is 0. The summed E-state index contributed by atoms with van der Waals surface area (Å²) in [6.45, 7) is 0.487. The van der Waals surface area contributed by atoms with E-state index in [0.717, 1.165) is 28.5 Å². The number of nitrogens with one attached hydrogen (secondary N) is 2. The lowest BCUT2D eigenvalue weighted by Crippen LogP contribution is -2.12. The molecule has 0 saturated heterocycles. The number of hydrogen-bond donors (Lipinski definition) is 2. The molecule has 0 unspecified atom stereocenters. The van der Waals surface area contributed by atoms with Gasteiger partial charge in [0, 0.05) is 22.2 Å². The van der Waals surface area contributed by atoms with Gasteiger partial charge in [-0.05, 0) is 54.1 Å². The van der Waals surface area contributed by atoms with Crippen molar-refractivity contribution in [2.75, 3.05) is 5.32 Å². The molecule has 0 spiro atoms. The van der Waals surface area contributed by atoms with E-state index in [9.17, 15) is 9.59 Å². The first-order valence-electron chi connectivity index (χ1n) is 8.87. The molecule has 2 N–H and O–H groups in total. The molecular formula is C23H18N2O3. The topological polar surface area (TPSA) is 71.2 Å². The molecule has 1 amide bonds. The van der Waals surface area contributed by atoms with Crippen LogP contribution in [0.15, 0.2) is 78.9 Å². The van der Waals surface area contributed by atoms with Gasteiger partial charge in [-0.2, -0.15) is 0 Å². The molecule has 0 atom stereocenters. The van der Waals surface area contributed by atoms with E-state index in [2.05, 4.69) is 10.3 Å². The van der Waals surface area contributed by atoms with Gasteiger partial charge >= 0.3 is 0 Å². The Labute approximate surface area is 162 Å². The highest BCUT2D eigenvalue weighted by Gasteiger charge is 2.11. The zero-order chi connectivity index (χ0) is 19.3. The minimum atomic E-state index is -0.248. The van der Waals surface area contributed by atoms with E-state index in [4.69, 9.17) is 4.74 Å². The average molecular weight is 370 g/mol. The number of aldehydes is 1. The Balaban J connectivity index is 1.47. The lowest BCUT2D eigenvalue weighted by atomic mass is 10.2. The number of carbonyl (C=O) groups is 2. The summed E-state index contributed by atoms with van der Waals surface area (Å²) in [7, 11) is 0. The fraction of sp³-hybridized carbons (Fsp3) is 0.0435. The van der Waals surface area contributed by atoms with Gasteiger partial charge in [0.05, 0.1) is 0 Å². The van der Waals surface area contributed by atoms with Crippen LogP contribution in [0.3, 0.4) is 0 Å². The molecule has 28 heavy (non-hydrogen) atoms. The smallest absolute Gasteiger partial charge is 0.272 e.